The number of anilines is 1. The summed E-state index contributed by atoms with van der Waals surface area (Å²) in [7, 11) is 0. The molecule has 102 valence electrons. The molecule has 1 fully saturated rings. The number of hydrogen-bond donors (Lipinski definition) is 1. The molecular weight excluding hydrogens is 254 g/mol. The van der Waals surface area contributed by atoms with Gasteiger partial charge in [-0.05, 0) is 38.2 Å². The van der Waals surface area contributed by atoms with Gasteiger partial charge in [0.15, 0.2) is 0 Å². The van der Waals surface area contributed by atoms with Crippen LogP contribution in [-0.4, -0.2) is 16.5 Å². The molecule has 3 rings (SSSR count). The highest BCUT2D eigenvalue weighted by Crippen LogP contribution is 2.46. The Morgan fingerprint density at radius 2 is 2.05 bits per heavy atom. The normalized spacial score (nSPS) is 21.9. The summed E-state index contributed by atoms with van der Waals surface area (Å²) in [5.74, 6) is 3.41. The average Bonchev–Trinajstić information content (AvgIpc) is 3.04. The molecular formula is C15H21N3S. The van der Waals surface area contributed by atoms with Crippen LogP contribution in [0.5, 0.6) is 0 Å². The van der Waals surface area contributed by atoms with Gasteiger partial charge in [-0.2, -0.15) is 0 Å². The van der Waals surface area contributed by atoms with Gasteiger partial charge in [0.2, 0.25) is 0 Å². The van der Waals surface area contributed by atoms with Gasteiger partial charge in [0.1, 0.15) is 16.5 Å². The maximum Gasteiger partial charge on any atom is 0.138 e. The van der Waals surface area contributed by atoms with E-state index in [0.29, 0.717) is 5.92 Å². The van der Waals surface area contributed by atoms with Crippen LogP contribution in [0.15, 0.2) is 0 Å². The zero-order valence-corrected chi connectivity index (χ0v) is 12.9. The Bertz CT molecular complexity index is 617. The van der Waals surface area contributed by atoms with Gasteiger partial charge in [-0.1, -0.05) is 13.8 Å². The average molecular weight is 275 g/mol. The third-order valence-corrected chi connectivity index (χ3v) is 5.13. The van der Waals surface area contributed by atoms with E-state index < -0.39 is 0 Å². The Morgan fingerprint density at radius 1 is 1.32 bits per heavy atom. The Morgan fingerprint density at radius 3 is 2.68 bits per heavy atom. The van der Waals surface area contributed by atoms with Gasteiger partial charge in [0.05, 0.1) is 5.39 Å². The summed E-state index contributed by atoms with van der Waals surface area (Å²) in [5.41, 5.74) is 1.33. The lowest BCUT2D eigenvalue weighted by molar-refractivity contribution is 0.850. The molecule has 1 aliphatic rings. The molecule has 2 aromatic heterocycles. The first-order valence-electron chi connectivity index (χ1n) is 7.13. The predicted molar refractivity (Wildman–Crippen MR) is 82.2 cm³/mol. The van der Waals surface area contributed by atoms with Gasteiger partial charge in [-0.15, -0.1) is 11.3 Å². The second kappa shape index (κ2) is 4.75. The monoisotopic (exact) mass is 275 g/mol. The van der Waals surface area contributed by atoms with Crippen LogP contribution in [0.2, 0.25) is 0 Å². The van der Waals surface area contributed by atoms with E-state index in [-0.39, 0.29) is 0 Å². The summed E-state index contributed by atoms with van der Waals surface area (Å²) in [5, 5.41) is 4.71. The molecule has 2 aromatic rings. The summed E-state index contributed by atoms with van der Waals surface area (Å²) < 4.78 is 0. The molecule has 2 atom stereocenters. The van der Waals surface area contributed by atoms with Crippen LogP contribution in [-0.2, 0) is 0 Å². The number of hydrogen-bond acceptors (Lipinski definition) is 4. The Kier molecular flexibility index (Phi) is 3.21. The van der Waals surface area contributed by atoms with E-state index in [9.17, 15) is 0 Å². The molecule has 0 spiro atoms. The summed E-state index contributed by atoms with van der Waals surface area (Å²) in [4.78, 5) is 12.1. The number of fused-ring (bicyclic) bond motifs is 1. The maximum absolute atomic E-state index is 4.81. The molecule has 1 aliphatic carbocycles. The van der Waals surface area contributed by atoms with Crippen molar-refractivity contribution in [3.05, 3.63) is 16.3 Å². The zero-order valence-electron chi connectivity index (χ0n) is 12.1. The van der Waals surface area contributed by atoms with E-state index in [1.807, 2.05) is 0 Å². The Balaban J connectivity index is 2.11. The van der Waals surface area contributed by atoms with Crippen molar-refractivity contribution >= 4 is 27.4 Å². The van der Waals surface area contributed by atoms with Crippen molar-refractivity contribution in [1.82, 2.24) is 9.97 Å². The molecule has 0 aliphatic heterocycles. The van der Waals surface area contributed by atoms with Crippen molar-refractivity contribution in [2.24, 2.45) is 5.92 Å². The van der Waals surface area contributed by atoms with Gasteiger partial charge < -0.3 is 5.32 Å². The van der Waals surface area contributed by atoms with E-state index in [2.05, 4.69) is 33.0 Å². The fourth-order valence-corrected chi connectivity index (χ4v) is 3.52. The van der Waals surface area contributed by atoms with Crippen molar-refractivity contribution in [3.8, 4) is 0 Å². The van der Waals surface area contributed by atoms with Crippen LogP contribution in [0, 0.1) is 19.8 Å². The topological polar surface area (TPSA) is 37.8 Å². The van der Waals surface area contributed by atoms with Gasteiger partial charge in [-0.3, -0.25) is 0 Å². The number of aromatic nitrogens is 2. The molecule has 0 amide bonds. The molecule has 19 heavy (non-hydrogen) atoms. The van der Waals surface area contributed by atoms with E-state index in [4.69, 9.17) is 9.97 Å². The minimum absolute atomic E-state index is 0.578. The van der Waals surface area contributed by atoms with Crippen LogP contribution in [0.1, 0.15) is 48.9 Å². The summed E-state index contributed by atoms with van der Waals surface area (Å²) >= 11 is 1.80. The second-order valence-electron chi connectivity index (χ2n) is 5.64. The molecule has 2 heterocycles. The van der Waals surface area contributed by atoms with Gasteiger partial charge >= 0.3 is 0 Å². The molecule has 1 N–H and O–H groups in total. The molecule has 0 radical (unpaired) electrons. The highest BCUT2D eigenvalue weighted by Gasteiger charge is 2.37. The van der Waals surface area contributed by atoms with Crippen molar-refractivity contribution in [2.45, 2.75) is 46.5 Å². The fourth-order valence-electron chi connectivity index (χ4n) is 2.49. The van der Waals surface area contributed by atoms with Crippen LogP contribution in [0.4, 0.5) is 5.82 Å². The second-order valence-corrected chi connectivity index (χ2v) is 6.84. The first-order chi connectivity index (χ1) is 9.11. The molecule has 0 saturated heterocycles. The van der Waals surface area contributed by atoms with Crippen LogP contribution in [0.25, 0.3) is 10.2 Å². The highest BCUT2D eigenvalue weighted by molar-refractivity contribution is 7.18. The minimum atomic E-state index is 0.578. The summed E-state index contributed by atoms with van der Waals surface area (Å²) in [6, 6.07) is 0. The number of nitrogens with one attached hydrogen (secondary N) is 1. The number of nitrogens with zero attached hydrogens (tertiary/aromatic N) is 2. The Labute approximate surface area is 118 Å². The van der Waals surface area contributed by atoms with Crippen LogP contribution < -0.4 is 5.32 Å². The zero-order chi connectivity index (χ0) is 13.6. The molecule has 1 saturated carbocycles. The van der Waals surface area contributed by atoms with E-state index in [0.717, 1.165) is 35.4 Å². The first-order valence-corrected chi connectivity index (χ1v) is 7.95. The minimum Gasteiger partial charge on any atom is -0.369 e. The molecule has 3 nitrogen and oxygen atoms in total. The fraction of sp³-hybridized carbons (Fsp3) is 0.600. The third-order valence-electron chi connectivity index (χ3n) is 4.03. The Hall–Kier alpha value is -1.16. The molecule has 0 aromatic carbocycles. The molecule has 0 bridgehead atoms. The standard InChI is InChI=1S/C15H21N3S/c1-5-6-16-14-12-9(3)10(4)19-15(12)18-13(17-14)11-7-8(11)2/h8,11H,5-7H2,1-4H3,(H,16,17,18). The van der Waals surface area contributed by atoms with Crippen molar-refractivity contribution in [2.75, 3.05) is 11.9 Å². The van der Waals surface area contributed by atoms with Crippen molar-refractivity contribution in [1.29, 1.82) is 0 Å². The van der Waals surface area contributed by atoms with Crippen molar-refractivity contribution in [3.63, 3.8) is 0 Å². The molecule has 4 heteroatoms. The first kappa shape index (κ1) is 12.9. The SMILES string of the molecule is CCCNc1nc(C2CC2C)nc2sc(C)c(C)c12. The number of aryl methyl sites for hydroxylation is 2. The number of rotatable bonds is 4. The van der Waals surface area contributed by atoms with Gasteiger partial charge in [0, 0.05) is 17.3 Å². The number of thiophene rings is 1. The van der Waals surface area contributed by atoms with E-state index in [1.165, 1.54) is 22.2 Å². The van der Waals surface area contributed by atoms with Gasteiger partial charge in [-0.25, -0.2) is 9.97 Å². The quantitative estimate of drug-likeness (QED) is 0.906. The van der Waals surface area contributed by atoms with Gasteiger partial charge in [0.25, 0.3) is 0 Å². The maximum atomic E-state index is 4.81. The lowest BCUT2D eigenvalue weighted by Gasteiger charge is -2.08. The lowest BCUT2D eigenvalue weighted by atomic mass is 10.2. The van der Waals surface area contributed by atoms with E-state index in [1.54, 1.807) is 11.3 Å². The highest BCUT2D eigenvalue weighted by atomic mass is 32.1. The molecule has 2 unspecified atom stereocenters. The van der Waals surface area contributed by atoms with Crippen molar-refractivity contribution < 1.29 is 0 Å². The summed E-state index contributed by atoms with van der Waals surface area (Å²) in [6.45, 7) is 9.78. The summed E-state index contributed by atoms with van der Waals surface area (Å²) in [6.07, 6.45) is 2.35. The largest absolute Gasteiger partial charge is 0.369 e. The van der Waals surface area contributed by atoms with Crippen LogP contribution in [0.3, 0.4) is 0 Å². The smallest absolute Gasteiger partial charge is 0.138 e. The lowest BCUT2D eigenvalue weighted by Crippen LogP contribution is -2.05. The third kappa shape index (κ3) is 2.22. The van der Waals surface area contributed by atoms with Crippen LogP contribution >= 0.6 is 11.3 Å². The van der Waals surface area contributed by atoms with E-state index >= 15 is 0 Å². The predicted octanol–water partition coefficient (Wildman–Crippen LogP) is 4.25.